The number of hydrogen-bond acceptors (Lipinski definition) is 0. The van der Waals surface area contributed by atoms with Gasteiger partial charge in [-0.05, 0) is 40.6 Å². The van der Waals surface area contributed by atoms with Gasteiger partial charge in [0.25, 0.3) is 0 Å². The average molecular weight is 745 g/mol. The van der Waals surface area contributed by atoms with E-state index in [9.17, 15) is 0 Å². The zero-order chi connectivity index (χ0) is 35.9. The summed E-state index contributed by atoms with van der Waals surface area (Å²) in [6.45, 7) is 20.3. The number of hydrogen-bond donors (Lipinski definition) is 0. The van der Waals surface area contributed by atoms with Gasteiger partial charge in [-0.1, -0.05) is 118 Å². The Bertz CT molecular complexity index is 1660. The van der Waals surface area contributed by atoms with Gasteiger partial charge in [-0.2, -0.15) is 84.0 Å². The third kappa shape index (κ3) is 7.37. The maximum absolute atomic E-state index is 5.52. The van der Waals surface area contributed by atoms with Gasteiger partial charge in [-0.25, -0.2) is 18.1 Å². The largest absolute Gasteiger partial charge is 0.184 e. The fourth-order valence-corrected chi connectivity index (χ4v) is 8.74. The van der Waals surface area contributed by atoms with Crippen LogP contribution in [0.25, 0.3) is 5.57 Å². The van der Waals surface area contributed by atoms with Gasteiger partial charge in [0, 0.05) is 0 Å². The first kappa shape index (κ1) is 39.1. The Morgan fingerprint density at radius 1 is 0.816 bits per heavy atom. The quantitative estimate of drug-likeness (QED) is 0.201. The van der Waals surface area contributed by atoms with Crippen LogP contribution >= 0.6 is 11.6 Å². The third-order valence-electron chi connectivity index (χ3n) is 12.7. The minimum Gasteiger partial charge on any atom is -0.184 e. The number of allylic oxidation sites excluding steroid dienone is 10. The number of halogens is 1. The van der Waals surface area contributed by atoms with E-state index in [1.54, 1.807) is 52.5 Å². The van der Waals surface area contributed by atoms with Crippen molar-refractivity contribution in [3.63, 3.8) is 0 Å². The van der Waals surface area contributed by atoms with Crippen molar-refractivity contribution in [1.82, 2.24) is 0 Å². The number of benzene rings is 3. The Morgan fingerprint density at radius 3 is 1.98 bits per heavy atom. The zero-order valence-electron chi connectivity index (χ0n) is 30.9. The smallest absolute Gasteiger partial charge is 0.171 e. The minimum atomic E-state index is 0.164. The fourth-order valence-electron chi connectivity index (χ4n) is 8.62. The van der Waals surface area contributed by atoms with Crippen LogP contribution in [-0.2, 0) is 30.7 Å². The summed E-state index contributed by atoms with van der Waals surface area (Å²) in [5.74, 6) is 2.24. The molecule has 5 aliphatic carbocycles. The maximum Gasteiger partial charge on any atom is -0.171 e. The molecule has 1 saturated carbocycles. The minimum absolute atomic E-state index is 0.164. The molecule has 2 atom stereocenters. The molecular weight excluding hydrogens is 691 g/mol. The summed E-state index contributed by atoms with van der Waals surface area (Å²) in [4.78, 5) is 0. The van der Waals surface area contributed by atoms with Crippen LogP contribution in [0, 0.1) is 51.7 Å². The molecule has 0 spiro atoms. The van der Waals surface area contributed by atoms with Gasteiger partial charge in [-0.15, -0.1) is 24.9 Å². The standard InChI is InChI=1S/C29H37.C6H4Cl.C6H5.C5H5.CH2.Zr/c1-18-25-22-17-19-13-9-10-14-20(19)24(22)21-15-11-12-16-23(21)29(25,8)28(6,7)27(4,5)26(18,2)3;7-6-4-2-1-3-5-6;1-2-4-6-5-3-1;1-2-4-5-3-1;;/h9-11,13-15,23H,12,16-17H2,1-8H3;2-5H;1-5H;1-3H,4H2;1H2;/q4*-1;;. The van der Waals surface area contributed by atoms with E-state index >= 15 is 0 Å². The zero-order valence-corrected chi connectivity index (χ0v) is 34.1. The second-order valence-corrected chi connectivity index (χ2v) is 15.5. The van der Waals surface area contributed by atoms with Crippen molar-refractivity contribution in [3.8, 4) is 0 Å². The molecule has 3 aromatic carbocycles. The topological polar surface area (TPSA) is 0 Å². The second kappa shape index (κ2) is 16.5. The van der Waals surface area contributed by atoms with Gasteiger partial charge in [0.2, 0.25) is 0 Å². The summed E-state index contributed by atoms with van der Waals surface area (Å²) in [5.41, 5.74) is 10.3. The van der Waals surface area contributed by atoms with E-state index in [0.717, 1.165) is 17.9 Å². The van der Waals surface area contributed by atoms with Gasteiger partial charge in [0.1, 0.15) is 0 Å². The maximum atomic E-state index is 5.52. The fraction of sp³-hybridized carbons (Fsp3) is 0.362. The van der Waals surface area contributed by atoms with Crippen LogP contribution in [0.3, 0.4) is 0 Å². The molecule has 49 heavy (non-hydrogen) atoms. The van der Waals surface area contributed by atoms with Crippen LogP contribution < -0.4 is 0 Å². The molecule has 2 heteroatoms. The summed E-state index contributed by atoms with van der Waals surface area (Å²) in [6, 6.07) is 31.7. The van der Waals surface area contributed by atoms with E-state index in [-0.39, 0.29) is 21.7 Å². The molecule has 0 aliphatic heterocycles. The van der Waals surface area contributed by atoms with Crippen LogP contribution in [0.15, 0.2) is 126 Å². The van der Waals surface area contributed by atoms with Crippen LogP contribution in [0.5, 0.6) is 0 Å². The molecule has 0 nitrogen and oxygen atoms in total. The molecule has 1 fully saturated rings. The molecule has 256 valence electrons. The van der Waals surface area contributed by atoms with Crippen molar-refractivity contribution >= 4 is 21.4 Å². The summed E-state index contributed by atoms with van der Waals surface area (Å²) >= 11 is 6.82. The molecule has 5 aliphatic rings. The molecule has 0 N–H and O–H groups in total. The van der Waals surface area contributed by atoms with Crippen LogP contribution in [0.1, 0.15) is 85.8 Å². The van der Waals surface area contributed by atoms with Gasteiger partial charge >= 0.3 is 28.4 Å². The third-order valence-corrected chi connectivity index (χ3v) is 12.9. The monoisotopic (exact) mass is 742 g/mol. The molecule has 2 unspecified atom stereocenters. The predicted octanol–water partition coefficient (Wildman–Crippen LogP) is 12.9. The van der Waals surface area contributed by atoms with Crippen LogP contribution in [0.2, 0.25) is 5.02 Å². The van der Waals surface area contributed by atoms with E-state index in [1.165, 1.54) is 48.2 Å². The van der Waals surface area contributed by atoms with Gasteiger partial charge in [0.15, 0.2) is 0 Å². The molecule has 0 heterocycles. The first-order valence-corrected chi connectivity index (χ1v) is 19.7. The Balaban J connectivity index is 0.000000217. The molecule has 3 aromatic rings. The predicted molar refractivity (Wildman–Crippen MR) is 209 cm³/mol. The number of fused-ring (bicyclic) bond motifs is 6. The van der Waals surface area contributed by atoms with Crippen molar-refractivity contribution in [1.29, 1.82) is 0 Å². The molecule has 0 aromatic heterocycles. The molecule has 0 bridgehead atoms. The second-order valence-electron chi connectivity index (χ2n) is 15.1. The van der Waals surface area contributed by atoms with Gasteiger partial charge in [-0.3, -0.25) is 6.08 Å². The van der Waals surface area contributed by atoms with E-state index in [2.05, 4.69) is 120 Å². The van der Waals surface area contributed by atoms with Crippen LogP contribution in [-0.4, -0.2) is 4.21 Å². The Hall–Kier alpha value is -2.73. The van der Waals surface area contributed by atoms with Crippen molar-refractivity contribution in [2.45, 2.75) is 81.1 Å². The van der Waals surface area contributed by atoms with Gasteiger partial charge in [0.05, 0.1) is 0 Å². The number of rotatable bonds is 0. The first-order valence-electron chi connectivity index (χ1n) is 17.5. The summed E-state index contributed by atoms with van der Waals surface area (Å²) < 4.78 is 3.34. The molecular formula is C47H53ClZr-4. The van der Waals surface area contributed by atoms with Crippen molar-refractivity contribution < 1.29 is 24.2 Å². The molecule has 8 rings (SSSR count). The SMILES string of the molecule is C[C-]1C2=C3Cc4ccccc4C3=C3C=CCCC3C2(C)C(C)(C)C(C)(C)C1(C)C.Clc1cc[c-]cc1.[C-]1=CC=CC1.[CH2]=[Zr].[c-]1ccccc1. The van der Waals surface area contributed by atoms with E-state index in [4.69, 9.17) is 11.6 Å². The summed E-state index contributed by atoms with van der Waals surface area (Å²) in [6.07, 6.45) is 18.5. The summed E-state index contributed by atoms with van der Waals surface area (Å²) in [7, 11) is 0. The van der Waals surface area contributed by atoms with Crippen LogP contribution in [0.4, 0.5) is 0 Å². The van der Waals surface area contributed by atoms with Gasteiger partial charge < -0.3 is 0 Å². The summed E-state index contributed by atoms with van der Waals surface area (Å²) in [5, 5.41) is 0.763. The van der Waals surface area contributed by atoms with Crippen molar-refractivity contribution in [3.05, 3.63) is 166 Å². The normalized spacial score (nSPS) is 23.8. The van der Waals surface area contributed by atoms with E-state index in [1.807, 2.05) is 42.5 Å². The Morgan fingerprint density at radius 2 is 1.47 bits per heavy atom. The Kier molecular flexibility index (Phi) is 13.2. The molecule has 0 saturated heterocycles. The molecule has 0 radical (unpaired) electrons. The van der Waals surface area contributed by atoms with Crippen molar-refractivity contribution in [2.75, 3.05) is 0 Å². The molecule has 0 amide bonds. The first-order chi connectivity index (χ1) is 23.4. The van der Waals surface area contributed by atoms with E-state index in [0.29, 0.717) is 5.92 Å². The van der Waals surface area contributed by atoms with Crippen molar-refractivity contribution in [2.24, 2.45) is 27.6 Å². The van der Waals surface area contributed by atoms with E-state index < -0.39 is 0 Å². The average Bonchev–Trinajstić information content (AvgIpc) is 3.83. The Labute approximate surface area is 318 Å².